The summed E-state index contributed by atoms with van der Waals surface area (Å²) in [5, 5.41) is 8.43. The highest BCUT2D eigenvalue weighted by atomic mass is 35.5. The summed E-state index contributed by atoms with van der Waals surface area (Å²) < 4.78 is 21.3. The molecule has 2 aliphatic rings. The SMILES string of the molecule is Cc1nc2c3c(nn2c(C)c1Cl)CN(C(=O)c1ccc(F)cc1OC[C@H]1CCN1)C3. The van der Waals surface area contributed by atoms with Gasteiger partial charge in [0, 0.05) is 17.7 Å². The van der Waals surface area contributed by atoms with Gasteiger partial charge in [-0.3, -0.25) is 4.79 Å². The van der Waals surface area contributed by atoms with Gasteiger partial charge in [-0.15, -0.1) is 0 Å². The minimum absolute atomic E-state index is 0.217. The Bertz CT molecular complexity index is 1170. The van der Waals surface area contributed by atoms with Crippen molar-refractivity contribution in [1.29, 1.82) is 0 Å². The van der Waals surface area contributed by atoms with Crippen LogP contribution >= 0.6 is 11.6 Å². The van der Waals surface area contributed by atoms with Crippen LogP contribution in [-0.2, 0) is 13.1 Å². The third-order valence-corrected chi connectivity index (χ3v) is 6.33. The number of nitrogens with one attached hydrogen (secondary N) is 1. The van der Waals surface area contributed by atoms with Crippen LogP contribution in [0, 0.1) is 19.7 Å². The molecule has 7 nitrogen and oxygen atoms in total. The smallest absolute Gasteiger partial charge is 0.258 e. The maximum atomic E-state index is 13.8. The van der Waals surface area contributed by atoms with E-state index in [1.807, 2.05) is 13.8 Å². The molecular weight excluding hydrogens is 409 g/mol. The van der Waals surface area contributed by atoms with Crippen molar-refractivity contribution in [2.45, 2.75) is 39.4 Å². The normalized spacial score (nSPS) is 17.9. The summed E-state index contributed by atoms with van der Waals surface area (Å²) >= 11 is 6.30. The predicted molar refractivity (Wildman–Crippen MR) is 109 cm³/mol. The van der Waals surface area contributed by atoms with Gasteiger partial charge in [0.25, 0.3) is 5.91 Å². The molecule has 2 aliphatic heterocycles. The van der Waals surface area contributed by atoms with E-state index < -0.39 is 5.82 Å². The zero-order valence-electron chi connectivity index (χ0n) is 16.7. The van der Waals surface area contributed by atoms with E-state index in [0.29, 0.717) is 35.9 Å². The average Bonchev–Trinajstić information content (AvgIpc) is 3.24. The second-order valence-electron chi connectivity index (χ2n) is 7.81. The standard InChI is InChI=1S/C21H21ClFN5O2/c1-11-19(22)12(2)28-20(25-11)16-8-27(9-17(16)26-28)21(29)15-4-3-13(23)7-18(15)30-10-14-5-6-24-14/h3-4,7,14,24H,5-6,8-10H2,1-2H3/t14-/m1/s1. The fraction of sp³-hybridized carbons (Fsp3) is 0.381. The molecule has 30 heavy (non-hydrogen) atoms. The van der Waals surface area contributed by atoms with Gasteiger partial charge in [0.2, 0.25) is 0 Å². The molecule has 0 spiro atoms. The summed E-state index contributed by atoms with van der Waals surface area (Å²) in [6.07, 6.45) is 1.01. The molecule has 3 aromatic rings. The molecule has 1 amide bonds. The second kappa shape index (κ2) is 7.21. The molecule has 1 fully saturated rings. The monoisotopic (exact) mass is 429 g/mol. The Morgan fingerprint density at radius 3 is 2.90 bits per heavy atom. The van der Waals surface area contributed by atoms with Crippen molar-refractivity contribution in [3.8, 4) is 5.75 Å². The number of amides is 1. The summed E-state index contributed by atoms with van der Waals surface area (Å²) in [5.41, 5.74) is 4.32. The lowest BCUT2D eigenvalue weighted by Crippen LogP contribution is -2.46. The number of hydrogen-bond acceptors (Lipinski definition) is 5. The van der Waals surface area contributed by atoms with Crippen LogP contribution in [0.3, 0.4) is 0 Å². The van der Waals surface area contributed by atoms with Gasteiger partial charge in [0.15, 0.2) is 5.65 Å². The van der Waals surface area contributed by atoms with Crippen LogP contribution < -0.4 is 10.1 Å². The van der Waals surface area contributed by atoms with Gasteiger partial charge in [0.1, 0.15) is 18.2 Å². The van der Waals surface area contributed by atoms with E-state index in [1.165, 1.54) is 18.2 Å². The Hall–Kier alpha value is -2.71. The number of halogens is 2. The highest BCUT2D eigenvalue weighted by molar-refractivity contribution is 6.31. The summed E-state index contributed by atoms with van der Waals surface area (Å²) in [6.45, 7) is 5.84. The first-order chi connectivity index (χ1) is 14.4. The lowest BCUT2D eigenvalue weighted by Gasteiger charge is -2.28. The molecule has 9 heteroatoms. The van der Waals surface area contributed by atoms with Gasteiger partial charge in [-0.1, -0.05) is 11.6 Å². The summed E-state index contributed by atoms with van der Waals surface area (Å²) in [7, 11) is 0. The third kappa shape index (κ3) is 3.11. The fourth-order valence-corrected chi connectivity index (χ4v) is 4.02. The highest BCUT2D eigenvalue weighted by Crippen LogP contribution is 2.31. The molecule has 1 atom stereocenters. The minimum Gasteiger partial charge on any atom is -0.491 e. The van der Waals surface area contributed by atoms with Crippen LogP contribution in [0.25, 0.3) is 5.65 Å². The Kier molecular flexibility index (Phi) is 4.63. The first kappa shape index (κ1) is 19.3. The van der Waals surface area contributed by atoms with Gasteiger partial charge in [-0.05, 0) is 38.9 Å². The van der Waals surface area contributed by atoms with Gasteiger partial charge < -0.3 is 15.0 Å². The Balaban J connectivity index is 1.42. The van der Waals surface area contributed by atoms with Crippen LogP contribution in [0.2, 0.25) is 5.02 Å². The van der Waals surface area contributed by atoms with Gasteiger partial charge in [0.05, 0.1) is 40.8 Å². The average molecular weight is 430 g/mol. The molecule has 5 rings (SSSR count). The van der Waals surface area contributed by atoms with Crippen molar-refractivity contribution in [1.82, 2.24) is 24.8 Å². The molecule has 4 heterocycles. The number of fused-ring (bicyclic) bond motifs is 3. The number of ether oxygens (including phenoxy) is 1. The highest BCUT2D eigenvalue weighted by Gasteiger charge is 2.32. The van der Waals surface area contributed by atoms with Crippen LogP contribution in [0.1, 0.15) is 39.4 Å². The number of aromatic nitrogens is 3. The molecular formula is C21H21ClFN5O2. The first-order valence-electron chi connectivity index (χ1n) is 9.90. The van der Waals surface area contributed by atoms with E-state index >= 15 is 0 Å². The number of benzene rings is 1. The zero-order chi connectivity index (χ0) is 21.0. The quantitative estimate of drug-likeness (QED) is 0.690. The molecule has 1 saturated heterocycles. The van der Waals surface area contributed by atoms with Crippen molar-refractivity contribution < 1.29 is 13.9 Å². The van der Waals surface area contributed by atoms with E-state index in [-0.39, 0.29) is 17.7 Å². The van der Waals surface area contributed by atoms with Crippen molar-refractivity contribution in [2.75, 3.05) is 13.2 Å². The van der Waals surface area contributed by atoms with Gasteiger partial charge >= 0.3 is 0 Å². The summed E-state index contributed by atoms with van der Waals surface area (Å²) in [6, 6.07) is 4.28. The van der Waals surface area contributed by atoms with Crippen LogP contribution in [0.15, 0.2) is 18.2 Å². The first-order valence-corrected chi connectivity index (χ1v) is 10.3. The van der Waals surface area contributed by atoms with E-state index in [4.69, 9.17) is 16.3 Å². The number of aryl methyl sites for hydroxylation is 2. The summed E-state index contributed by atoms with van der Waals surface area (Å²) in [4.78, 5) is 19.5. The van der Waals surface area contributed by atoms with Crippen molar-refractivity contribution in [2.24, 2.45) is 0 Å². The van der Waals surface area contributed by atoms with E-state index in [1.54, 1.807) is 9.42 Å². The second-order valence-corrected chi connectivity index (χ2v) is 8.19. The molecule has 0 saturated carbocycles. The van der Waals surface area contributed by atoms with Gasteiger partial charge in [-0.2, -0.15) is 5.10 Å². The maximum absolute atomic E-state index is 13.8. The molecule has 2 aromatic heterocycles. The molecule has 0 unspecified atom stereocenters. The molecule has 0 radical (unpaired) electrons. The van der Waals surface area contributed by atoms with Crippen molar-refractivity contribution in [3.05, 3.63) is 57.2 Å². The minimum atomic E-state index is -0.433. The van der Waals surface area contributed by atoms with Gasteiger partial charge in [-0.25, -0.2) is 13.9 Å². The molecule has 0 aliphatic carbocycles. The van der Waals surface area contributed by atoms with Crippen LogP contribution in [0.4, 0.5) is 4.39 Å². The predicted octanol–water partition coefficient (Wildman–Crippen LogP) is 3.04. The van der Waals surface area contributed by atoms with Crippen molar-refractivity contribution in [3.63, 3.8) is 0 Å². The number of hydrogen-bond donors (Lipinski definition) is 1. The molecule has 156 valence electrons. The summed E-state index contributed by atoms with van der Waals surface area (Å²) in [5.74, 6) is -0.383. The number of carbonyl (C=O) groups is 1. The molecule has 1 N–H and O–H groups in total. The Labute approximate surface area is 177 Å². The number of carbonyl (C=O) groups excluding carboxylic acids is 1. The largest absolute Gasteiger partial charge is 0.491 e. The fourth-order valence-electron chi connectivity index (χ4n) is 3.90. The van der Waals surface area contributed by atoms with Crippen molar-refractivity contribution >= 4 is 23.2 Å². The lowest BCUT2D eigenvalue weighted by atomic mass is 10.1. The third-order valence-electron chi connectivity index (χ3n) is 5.78. The Morgan fingerprint density at radius 1 is 1.37 bits per heavy atom. The maximum Gasteiger partial charge on any atom is 0.258 e. The lowest BCUT2D eigenvalue weighted by molar-refractivity contribution is 0.0744. The molecule has 1 aromatic carbocycles. The van der Waals surface area contributed by atoms with E-state index in [0.717, 1.165) is 35.6 Å². The van der Waals surface area contributed by atoms with E-state index in [9.17, 15) is 9.18 Å². The van der Waals surface area contributed by atoms with Crippen LogP contribution in [0.5, 0.6) is 5.75 Å². The zero-order valence-corrected chi connectivity index (χ0v) is 17.5. The number of rotatable bonds is 4. The van der Waals surface area contributed by atoms with Crippen LogP contribution in [-0.4, -0.2) is 44.6 Å². The topological polar surface area (TPSA) is 71.8 Å². The number of nitrogens with zero attached hydrogens (tertiary/aromatic N) is 4. The molecule has 0 bridgehead atoms. The van der Waals surface area contributed by atoms with E-state index in [2.05, 4.69) is 15.4 Å². The Morgan fingerprint density at radius 2 is 2.17 bits per heavy atom.